The maximum atomic E-state index is 11.9. The molecule has 1 saturated heterocycles. The van der Waals surface area contributed by atoms with Gasteiger partial charge < -0.3 is 9.64 Å². The van der Waals surface area contributed by atoms with Crippen molar-refractivity contribution in [3.63, 3.8) is 0 Å². The molecule has 0 bridgehead atoms. The van der Waals surface area contributed by atoms with E-state index in [1.165, 1.54) is 16.1 Å². The lowest BCUT2D eigenvalue weighted by molar-refractivity contribution is -0.130. The Bertz CT molecular complexity index is 362. The Balaban J connectivity index is 2.62. The van der Waals surface area contributed by atoms with Crippen molar-refractivity contribution in [2.24, 2.45) is 0 Å². The Kier molecular flexibility index (Phi) is 4.87. The molecular formula is C9H19N3O4S. The van der Waals surface area contributed by atoms with Crippen LogP contribution in [0.25, 0.3) is 0 Å². The van der Waals surface area contributed by atoms with Crippen molar-refractivity contribution in [1.82, 2.24) is 13.9 Å². The Morgan fingerprint density at radius 2 is 1.88 bits per heavy atom. The average Bonchev–Trinajstić information content (AvgIpc) is 2.28. The summed E-state index contributed by atoms with van der Waals surface area (Å²) in [5, 5.41) is 0. The topological polar surface area (TPSA) is 79.0 Å². The van der Waals surface area contributed by atoms with Gasteiger partial charge >= 0.3 is 0 Å². The monoisotopic (exact) mass is 265 g/mol. The van der Waals surface area contributed by atoms with Crippen molar-refractivity contribution < 1.29 is 17.9 Å². The molecule has 100 valence electrons. The van der Waals surface area contributed by atoms with Crippen LogP contribution in [0.1, 0.15) is 6.92 Å². The molecule has 1 aliphatic rings. The third kappa shape index (κ3) is 3.91. The highest BCUT2D eigenvalue weighted by Gasteiger charge is 2.28. The second-order valence-electron chi connectivity index (χ2n) is 4.09. The van der Waals surface area contributed by atoms with Crippen molar-refractivity contribution in [3.05, 3.63) is 0 Å². The van der Waals surface area contributed by atoms with E-state index in [0.29, 0.717) is 26.3 Å². The Labute approximate surface area is 102 Å². The first-order valence-electron chi connectivity index (χ1n) is 5.41. The number of nitrogens with one attached hydrogen (secondary N) is 1. The van der Waals surface area contributed by atoms with Gasteiger partial charge in [0.15, 0.2) is 0 Å². The first kappa shape index (κ1) is 14.4. The zero-order valence-electron chi connectivity index (χ0n) is 10.3. The number of likely N-dealkylation sites (N-methyl/N-ethyl adjacent to an activating group) is 1. The first-order valence-corrected chi connectivity index (χ1v) is 6.85. The van der Waals surface area contributed by atoms with Crippen LogP contribution < -0.4 is 4.72 Å². The van der Waals surface area contributed by atoms with Gasteiger partial charge in [0.05, 0.1) is 19.3 Å². The molecule has 0 radical (unpaired) electrons. The van der Waals surface area contributed by atoms with Crippen LogP contribution >= 0.6 is 0 Å². The Hall–Kier alpha value is -0.700. The van der Waals surface area contributed by atoms with Crippen LogP contribution in [0.4, 0.5) is 0 Å². The lowest BCUT2D eigenvalue weighted by Gasteiger charge is -2.28. The normalized spacial score (nSPS) is 19.9. The molecule has 0 saturated carbocycles. The van der Waals surface area contributed by atoms with Crippen LogP contribution in [0, 0.1) is 0 Å². The van der Waals surface area contributed by atoms with Crippen LogP contribution in [0.5, 0.6) is 0 Å². The maximum absolute atomic E-state index is 11.9. The molecule has 0 aromatic rings. The molecule has 17 heavy (non-hydrogen) atoms. The van der Waals surface area contributed by atoms with Gasteiger partial charge in [-0.3, -0.25) is 4.79 Å². The minimum Gasteiger partial charge on any atom is -0.379 e. The Morgan fingerprint density at radius 1 is 1.35 bits per heavy atom. The number of carbonyl (C=O) groups is 1. The maximum Gasteiger partial charge on any atom is 0.280 e. The standard InChI is InChI=1S/C9H19N3O4S/c1-8(9(13)11(2)3)10-17(14,15)12-4-6-16-7-5-12/h8,10H,4-7H2,1-3H3. The number of nitrogens with zero attached hydrogens (tertiary/aromatic N) is 2. The van der Waals surface area contributed by atoms with Crippen molar-refractivity contribution in [2.45, 2.75) is 13.0 Å². The van der Waals surface area contributed by atoms with Gasteiger partial charge in [-0.15, -0.1) is 0 Å². The zero-order chi connectivity index (χ0) is 13.1. The largest absolute Gasteiger partial charge is 0.379 e. The molecule has 0 spiro atoms. The number of amides is 1. The van der Waals surface area contributed by atoms with Crippen LogP contribution in [0.3, 0.4) is 0 Å². The predicted molar refractivity (Wildman–Crippen MR) is 62.6 cm³/mol. The summed E-state index contributed by atoms with van der Waals surface area (Å²) in [6.07, 6.45) is 0. The van der Waals surface area contributed by atoms with E-state index < -0.39 is 16.3 Å². The fraction of sp³-hybridized carbons (Fsp3) is 0.889. The minimum atomic E-state index is -3.61. The third-order valence-electron chi connectivity index (χ3n) is 2.45. The molecule has 7 nitrogen and oxygen atoms in total. The van der Waals surface area contributed by atoms with Gasteiger partial charge in [0.1, 0.15) is 0 Å². The number of ether oxygens (including phenoxy) is 1. The van der Waals surface area contributed by atoms with Gasteiger partial charge in [0.25, 0.3) is 10.2 Å². The molecule has 8 heteroatoms. The fourth-order valence-corrected chi connectivity index (χ4v) is 2.85. The molecular weight excluding hydrogens is 246 g/mol. The van der Waals surface area contributed by atoms with Crippen molar-refractivity contribution in [2.75, 3.05) is 40.4 Å². The number of morpholine rings is 1. The van der Waals surface area contributed by atoms with Gasteiger partial charge in [-0.05, 0) is 6.92 Å². The van der Waals surface area contributed by atoms with Gasteiger partial charge in [-0.25, -0.2) is 0 Å². The Morgan fingerprint density at radius 3 is 2.35 bits per heavy atom. The highest BCUT2D eigenvalue weighted by Crippen LogP contribution is 2.04. The summed E-state index contributed by atoms with van der Waals surface area (Å²) in [7, 11) is -0.435. The second kappa shape index (κ2) is 5.76. The van der Waals surface area contributed by atoms with E-state index in [4.69, 9.17) is 4.74 Å². The summed E-state index contributed by atoms with van der Waals surface area (Å²) in [4.78, 5) is 12.9. The SMILES string of the molecule is CC(NS(=O)(=O)N1CCOCC1)C(=O)N(C)C. The molecule has 1 atom stereocenters. The molecule has 0 aromatic heterocycles. The molecule has 1 amide bonds. The van der Waals surface area contributed by atoms with Crippen molar-refractivity contribution in [1.29, 1.82) is 0 Å². The van der Waals surface area contributed by atoms with Crippen LogP contribution in [0.2, 0.25) is 0 Å². The van der Waals surface area contributed by atoms with E-state index >= 15 is 0 Å². The molecule has 0 aliphatic carbocycles. The van der Waals surface area contributed by atoms with Crippen LogP contribution in [0.15, 0.2) is 0 Å². The van der Waals surface area contributed by atoms with E-state index in [1.807, 2.05) is 0 Å². The van der Waals surface area contributed by atoms with E-state index in [1.54, 1.807) is 14.1 Å². The number of rotatable bonds is 4. The van der Waals surface area contributed by atoms with E-state index in [2.05, 4.69) is 4.72 Å². The highest BCUT2D eigenvalue weighted by atomic mass is 32.2. The van der Waals surface area contributed by atoms with Gasteiger partial charge in [0.2, 0.25) is 5.91 Å². The van der Waals surface area contributed by atoms with Crippen molar-refractivity contribution >= 4 is 16.1 Å². The molecule has 1 heterocycles. The summed E-state index contributed by atoms with van der Waals surface area (Å²) in [6, 6.07) is -0.766. The lowest BCUT2D eigenvalue weighted by Crippen LogP contribution is -2.52. The van der Waals surface area contributed by atoms with Crippen LogP contribution in [-0.2, 0) is 19.7 Å². The van der Waals surface area contributed by atoms with Crippen molar-refractivity contribution in [3.8, 4) is 0 Å². The fourth-order valence-electron chi connectivity index (χ4n) is 1.52. The minimum absolute atomic E-state index is 0.276. The van der Waals surface area contributed by atoms with E-state index in [0.717, 1.165) is 0 Å². The zero-order valence-corrected chi connectivity index (χ0v) is 11.2. The van der Waals surface area contributed by atoms with E-state index in [-0.39, 0.29) is 5.91 Å². The second-order valence-corrected chi connectivity index (χ2v) is 5.79. The van der Waals surface area contributed by atoms with E-state index in [9.17, 15) is 13.2 Å². The number of hydrogen-bond acceptors (Lipinski definition) is 4. The summed E-state index contributed by atoms with van der Waals surface area (Å²) in [6.45, 7) is 2.94. The highest BCUT2D eigenvalue weighted by molar-refractivity contribution is 7.87. The summed E-state index contributed by atoms with van der Waals surface area (Å²) >= 11 is 0. The molecule has 1 aliphatic heterocycles. The van der Waals surface area contributed by atoms with Crippen LogP contribution in [-0.4, -0.2) is 70.0 Å². The van der Waals surface area contributed by atoms with Gasteiger partial charge in [0, 0.05) is 27.2 Å². The molecule has 1 fully saturated rings. The molecule has 1 N–H and O–H groups in total. The van der Waals surface area contributed by atoms with Gasteiger partial charge in [-0.1, -0.05) is 0 Å². The third-order valence-corrected chi connectivity index (χ3v) is 4.14. The molecule has 1 unspecified atom stereocenters. The quantitative estimate of drug-likeness (QED) is 0.680. The van der Waals surface area contributed by atoms with Gasteiger partial charge in [-0.2, -0.15) is 17.4 Å². The first-order chi connectivity index (χ1) is 7.84. The number of hydrogen-bond donors (Lipinski definition) is 1. The predicted octanol–water partition coefficient (Wildman–Crippen LogP) is -1.37. The summed E-state index contributed by atoms with van der Waals surface area (Å²) < 4.78 is 32.5. The molecule has 0 aromatic carbocycles. The number of carbonyl (C=O) groups excluding carboxylic acids is 1. The smallest absolute Gasteiger partial charge is 0.280 e. The average molecular weight is 265 g/mol. The summed E-state index contributed by atoms with van der Waals surface area (Å²) in [5.41, 5.74) is 0. The lowest BCUT2D eigenvalue weighted by atomic mass is 10.3. The summed E-state index contributed by atoms with van der Waals surface area (Å²) in [5.74, 6) is -0.276. The molecule has 1 rings (SSSR count).